The average molecular weight is 247 g/mol. The van der Waals surface area contributed by atoms with Crippen LogP contribution in [0.15, 0.2) is 36.4 Å². The zero-order valence-electron chi connectivity index (χ0n) is 10.4. The van der Waals surface area contributed by atoms with Crippen LogP contribution in [0.4, 0.5) is 4.39 Å². The maximum absolute atomic E-state index is 12.9. The molecule has 1 aliphatic rings. The normalized spacial score (nSPS) is 17.9. The van der Waals surface area contributed by atoms with E-state index >= 15 is 0 Å². The van der Waals surface area contributed by atoms with E-state index < -0.39 is 0 Å². The molecule has 1 aromatic carbocycles. The van der Waals surface area contributed by atoms with Crippen molar-refractivity contribution in [2.24, 2.45) is 5.92 Å². The Labute approximate surface area is 107 Å². The lowest BCUT2D eigenvalue weighted by Gasteiger charge is -2.08. The van der Waals surface area contributed by atoms with E-state index in [1.54, 1.807) is 6.07 Å². The number of amides is 1. The van der Waals surface area contributed by atoms with E-state index in [0.29, 0.717) is 25.3 Å². The second kappa shape index (κ2) is 6.34. The van der Waals surface area contributed by atoms with E-state index in [9.17, 15) is 9.18 Å². The van der Waals surface area contributed by atoms with Gasteiger partial charge in [0.1, 0.15) is 5.82 Å². The molecule has 1 atom stereocenters. The van der Waals surface area contributed by atoms with Crippen LogP contribution in [0.3, 0.4) is 0 Å². The third-order valence-electron chi connectivity index (χ3n) is 3.18. The summed E-state index contributed by atoms with van der Waals surface area (Å²) in [6.07, 6.45) is 7.65. The summed E-state index contributed by atoms with van der Waals surface area (Å²) < 4.78 is 12.9. The van der Waals surface area contributed by atoms with Crippen molar-refractivity contribution in [2.45, 2.75) is 25.7 Å². The molecular weight excluding hydrogens is 229 g/mol. The van der Waals surface area contributed by atoms with Crippen molar-refractivity contribution in [3.63, 3.8) is 0 Å². The molecule has 1 amide bonds. The molecule has 0 radical (unpaired) electrons. The summed E-state index contributed by atoms with van der Waals surface area (Å²) in [4.78, 5) is 11.6. The lowest BCUT2D eigenvalue weighted by Crippen LogP contribution is -2.27. The quantitative estimate of drug-likeness (QED) is 0.796. The van der Waals surface area contributed by atoms with Gasteiger partial charge in [0.25, 0.3) is 0 Å². The predicted molar refractivity (Wildman–Crippen MR) is 69.6 cm³/mol. The second-order valence-corrected chi connectivity index (χ2v) is 4.70. The lowest BCUT2D eigenvalue weighted by molar-refractivity contribution is -0.121. The first-order valence-corrected chi connectivity index (χ1v) is 6.42. The molecule has 0 saturated heterocycles. The highest BCUT2D eigenvalue weighted by atomic mass is 19.1. The average Bonchev–Trinajstić information content (AvgIpc) is 2.82. The van der Waals surface area contributed by atoms with Gasteiger partial charge >= 0.3 is 0 Å². The van der Waals surface area contributed by atoms with Gasteiger partial charge in [0.05, 0.1) is 0 Å². The third-order valence-corrected chi connectivity index (χ3v) is 3.18. The molecule has 2 nitrogen and oxygen atoms in total. The molecule has 0 aliphatic heterocycles. The standard InChI is InChI=1S/C15H18FNO/c16-14-7-3-6-13(10-14)8-9-17-15(18)11-12-4-1-2-5-12/h1,3-4,6-7,10,12H,2,5,8-9,11H2,(H,17,18)/t12-/m1/s1. The highest BCUT2D eigenvalue weighted by molar-refractivity contribution is 5.76. The summed E-state index contributed by atoms with van der Waals surface area (Å²) in [5.41, 5.74) is 0.913. The Morgan fingerprint density at radius 2 is 2.33 bits per heavy atom. The van der Waals surface area contributed by atoms with E-state index in [2.05, 4.69) is 17.5 Å². The molecule has 0 aromatic heterocycles. The Bertz CT molecular complexity index is 442. The minimum absolute atomic E-state index is 0.0861. The third kappa shape index (κ3) is 3.99. The molecule has 1 aliphatic carbocycles. The van der Waals surface area contributed by atoms with Crippen molar-refractivity contribution in [1.82, 2.24) is 5.32 Å². The molecule has 18 heavy (non-hydrogen) atoms. The van der Waals surface area contributed by atoms with Crippen molar-refractivity contribution < 1.29 is 9.18 Å². The van der Waals surface area contributed by atoms with Gasteiger partial charge in [0.15, 0.2) is 0 Å². The first-order chi connectivity index (χ1) is 8.74. The molecule has 2 rings (SSSR count). The van der Waals surface area contributed by atoms with Crippen LogP contribution in [-0.2, 0) is 11.2 Å². The van der Waals surface area contributed by atoms with Gasteiger partial charge in [-0.15, -0.1) is 0 Å². The number of carbonyl (C=O) groups excluding carboxylic acids is 1. The first kappa shape index (κ1) is 12.8. The highest BCUT2D eigenvalue weighted by Gasteiger charge is 2.13. The van der Waals surface area contributed by atoms with Crippen molar-refractivity contribution in [2.75, 3.05) is 6.54 Å². The molecule has 0 heterocycles. The molecule has 0 bridgehead atoms. The molecule has 96 valence electrons. The Morgan fingerprint density at radius 1 is 1.44 bits per heavy atom. The molecular formula is C15H18FNO. The fourth-order valence-corrected chi connectivity index (χ4v) is 2.21. The summed E-state index contributed by atoms with van der Waals surface area (Å²) >= 11 is 0. The van der Waals surface area contributed by atoms with E-state index in [0.717, 1.165) is 18.4 Å². The Morgan fingerprint density at radius 3 is 3.06 bits per heavy atom. The van der Waals surface area contributed by atoms with Gasteiger partial charge in [-0.3, -0.25) is 4.79 Å². The van der Waals surface area contributed by atoms with Crippen LogP contribution in [0.5, 0.6) is 0 Å². The molecule has 0 fully saturated rings. The summed E-state index contributed by atoms with van der Waals surface area (Å²) in [6, 6.07) is 6.49. The van der Waals surface area contributed by atoms with Gasteiger partial charge in [-0.1, -0.05) is 24.3 Å². The fraction of sp³-hybridized carbons (Fsp3) is 0.400. The number of benzene rings is 1. The molecule has 3 heteroatoms. The number of carbonyl (C=O) groups is 1. The summed E-state index contributed by atoms with van der Waals surface area (Å²) in [5, 5.41) is 2.88. The number of allylic oxidation sites excluding steroid dienone is 2. The van der Waals surface area contributed by atoms with Gasteiger partial charge in [-0.05, 0) is 42.9 Å². The zero-order valence-corrected chi connectivity index (χ0v) is 10.4. The van der Waals surface area contributed by atoms with Crippen molar-refractivity contribution in [3.8, 4) is 0 Å². The lowest BCUT2D eigenvalue weighted by atomic mass is 10.1. The first-order valence-electron chi connectivity index (χ1n) is 6.42. The minimum atomic E-state index is -0.227. The van der Waals surface area contributed by atoms with Crippen LogP contribution in [0.25, 0.3) is 0 Å². The Balaban J connectivity index is 1.68. The highest BCUT2D eigenvalue weighted by Crippen LogP contribution is 2.19. The van der Waals surface area contributed by atoms with Gasteiger partial charge in [-0.2, -0.15) is 0 Å². The van der Waals surface area contributed by atoms with Crippen LogP contribution in [0.2, 0.25) is 0 Å². The number of nitrogens with one attached hydrogen (secondary N) is 1. The minimum Gasteiger partial charge on any atom is -0.356 e. The fourth-order valence-electron chi connectivity index (χ4n) is 2.21. The van der Waals surface area contributed by atoms with E-state index in [1.165, 1.54) is 12.1 Å². The second-order valence-electron chi connectivity index (χ2n) is 4.70. The zero-order chi connectivity index (χ0) is 12.8. The Hall–Kier alpha value is -1.64. The van der Waals surface area contributed by atoms with Crippen LogP contribution in [-0.4, -0.2) is 12.5 Å². The van der Waals surface area contributed by atoms with Crippen LogP contribution in [0.1, 0.15) is 24.8 Å². The number of halogens is 1. The Kier molecular flexibility index (Phi) is 4.51. The van der Waals surface area contributed by atoms with Gasteiger partial charge in [-0.25, -0.2) is 4.39 Å². The monoisotopic (exact) mass is 247 g/mol. The van der Waals surface area contributed by atoms with E-state index in [-0.39, 0.29) is 11.7 Å². The maximum atomic E-state index is 12.9. The largest absolute Gasteiger partial charge is 0.356 e. The molecule has 0 saturated carbocycles. The van der Waals surface area contributed by atoms with Crippen LogP contribution < -0.4 is 5.32 Å². The van der Waals surface area contributed by atoms with Gasteiger partial charge in [0.2, 0.25) is 5.91 Å². The van der Waals surface area contributed by atoms with E-state index in [1.807, 2.05) is 6.07 Å². The maximum Gasteiger partial charge on any atom is 0.220 e. The smallest absolute Gasteiger partial charge is 0.220 e. The predicted octanol–water partition coefficient (Wildman–Crippen LogP) is 2.84. The molecule has 1 N–H and O–H groups in total. The number of rotatable bonds is 5. The van der Waals surface area contributed by atoms with Crippen molar-refractivity contribution >= 4 is 5.91 Å². The molecule has 0 unspecified atom stereocenters. The summed E-state index contributed by atoms with van der Waals surface area (Å²) in [7, 11) is 0. The van der Waals surface area contributed by atoms with Crippen molar-refractivity contribution in [1.29, 1.82) is 0 Å². The summed E-state index contributed by atoms with van der Waals surface area (Å²) in [6.45, 7) is 0.568. The molecule has 0 spiro atoms. The SMILES string of the molecule is O=C(C[C@@H]1C=CCC1)NCCc1cccc(F)c1. The van der Waals surface area contributed by atoms with Crippen LogP contribution in [0, 0.1) is 11.7 Å². The van der Waals surface area contributed by atoms with Crippen molar-refractivity contribution in [3.05, 3.63) is 47.8 Å². The summed E-state index contributed by atoms with van der Waals surface area (Å²) in [5.74, 6) is 0.261. The van der Waals surface area contributed by atoms with E-state index in [4.69, 9.17) is 0 Å². The number of hydrogen-bond donors (Lipinski definition) is 1. The van der Waals surface area contributed by atoms with Gasteiger partial charge in [0, 0.05) is 13.0 Å². The van der Waals surface area contributed by atoms with Gasteiger partial charge < -0.3 is 5.32 Å². The van der Waals surface area contributed by atoms with Crippen LogP contribution >= 0.6 is 0 Å². The topological polar surface area (TPSA) is 29.1 Å². The molecule has 1 aromatic rings. The number of hydrogen-bond acceptors (Lipinski definition) is 1.